The minimum Gasteiger partial charge on any atom is -0.495 e. The third-order valence-electron chi connectivity index (χ3n) is 3.38. The molecule has 1 saturated heterocycles. The van der Waals surface area contributed by atoms with Crippen molar-refractivity contribution in [2.45, 2.75) is 0 Å². The van der Waals surface area contributed by atoms with Crippen molar-refractivity contribution >= 4 is 69.2 Å². The van der Waals surface area contributed by atoms with Gasteiger partial charge in [-0.15, -0.1) is 0 Å². The average molecular weight is 396 g/mol. The number of thiocarbonyl (C=S) groups is 1. The number of carbonyl (C=O) groups excluding carboxylic acids is 1. The molecule has 1 heterocycles. The van der Waals surface area contributed by atoms with Crippen molar-refractivity contribution in [1.82, 2.24) is 0 Å². The van der Waals surface area contributed by atoms with Gasteiger partial charge in [-0.1, -0.05) is 65.4 Å². The molecule has 7 heteroatoms. The van der Waals surface area contributed by atoms with Crippen molar-refractivity contribution in [3.8, 4) is 5.75 Å². The summed E-state index contributed by atoms with van der Waals surface area (Å²) in [7, 11) is 1.53. The van der Waals surface area contributed by atoms with Gasteiger partial charge in [-0.25, -0.2) is 0 Å². The SMILES string of the molecule is COc1ccc(N2C(=O)/C(=C/c3ccccc3Cl)SC2=S)cc1Cl. The standard InChI is InChI=1S/C17H11Cl2NO2S2/c1-22-14-7-6-11(9-13(14)19)20-16(21)15(24-17(20)23)8-10-4-2-3-5-12(10)18/h2-9H,1H3/b15-8-. The molecule has 1 aliphatic rings. The zero-order valence-corrected chi connectivity index (χ0v) is 15.6. The highest BCUT2D eigenvalue weighted by atomic mass is 35.5. The topological polar surface area (TPSA) is 29.5 Å². The molecule has 0 aromatic heterocycles. The molecule has 0 radical (unpaired) electrons. The Balaban J connectivity index is 1.95. The first kappa shape index (κ1) is 17.3. The largest absolute Gasteiger partial charge is 0.495 e. The third kappa shape index (κ3) is 3.30. The lowest BCUT2D eigenvalue weighted by Crippen LogP contribution is -2.27. The Hall–Kier alpha value is -1.53. The predicted octanol–water partition coefficient (Wildman–Crippen LogP) is 5.41. The smallest absolute Gasteiger partial charge is 0.270 e. The van der Waals surface area contributed by atoms with Crippen LogP contribution in [0.2, 0.25) is 10.0 Å². The quantitative estimate of drug-likeness (QED) is 0.513. The van der Waals surface area contributed by atoms with E-state index >= 15 is 0 Å². The zero-order chi connectivity index (χ0) is 17.3. The zero-order valence-electron chi connectivity index (χ0n) is 12.5. The van der Waals surface area contributed by atoms with Crippen LogP contribution in [0.25, 0.3) is 6.08 Å². The molecule has 2 aromatic rings. The molecule has 2 aromatic carbocycles. The van der Waals surface area contributed by atoms with Crippen LogP contribution in [-0.4, -0.2) is 17.3 Å². The molecule has 0 N–H and O–H groups in total. The molecule has 3 rings (SSSR count). The summed E-state index contributed by atoms with van der Waals surface area (Å²) in [5.74, 6) is 0.337. The highest BCUT2D eigenvalue weighted by Crippen LogP contribution is 2.38. The van der Waals surface area contributed by atoms with Gasteiger partial charge in [-0.2, -0.15) is 0 Å². The fraction of sp³-hybridized carbons (Fsp3) is 0.0588. The molecule has 0 saturated carbocycles. The molecule has 1 fully saturated rings. The van der Waals surface area contributed by atoms with Gasteiger partial charge in [0.1, 0.15) is 5.75 Å². The van der Waals surface area contributed by atoms with Gasteiger partial charge in [0.15, 0.2) is 4.32 Å². The molecule has 1 aliphatic heterocycles. The van der Waals surface area contributed by atoms with Crippen LogP contribution in [0.4, 0.5) is 5.69 Å². The van der Waals surface area contributed by atoms with Crippen LogP contribution >= 0.6 is 47.2 Å². The second-order valence-electron chi connectivity index (χ2n) is 4.86. The van der Waals surface area contributed by atoms with Gasteiger partial charge in [0.2, 0.25) is 0 Å². The van der Waals surface area contributed by atoms with Crippen molar-refractivity contribution in [1.29, 1.82) is 0 Å². The van der Waals surface area contributed by atoms with Crippen molar-refractivity contribution < 1.29 is 9.53 Å². The van der Waals surface area contributed by atoms with E-state index in [9.17, 15) is 4.79 Å². The molecule has 122 valence electrons. The van der Waals surface area contributed by atoms with E-state index in [1.165, 1.54) is 23.8 Å². The second-order valence-corrected chi connectivity index (χ2v) is 7.35. The van der Waals surface area contributed by atoms with E-state index in [4.69, 9.17) is 40.2 Å². The number of rotatable bonds is 3. The van der Waals surface area contributed by atoms with Crippen LogP contribution in [-0.2, 0) is 4.79 Å². The van der Waals surface area contributed by atoms with Crippen molar-refractivity contribution in [2.24, 2.45) is 0 Å². The maximum absolute atomic E-state index is 12.7. The number of amides is 1. The molecule has 1 amide bonds. The Morgan fingerprint density at radius 1 is 1.17 bits per heavy atom. The first-order valence-corrected chi connectivity index (χ1v) is 8.85. The monoisotopic (exact) mass is 395 g/mol. The summed E-state index contributed by atoms with van der Waals surface area (Å²) >= 11 is 18.9. The minimum atomic E-state index is -0.203. The summed E-state index contributed by atoms with van der Waals surface area (Å²) in [6, 6.07) is 12.4. The van der Waals surface area contributed by atoms with E-state index in [0.29, 0.717) is 30.7 Å². The summed E-state index contributed by atoms with van der Waals surface area (Å²) in [6.07, 6.45) is 1.74. The molecule has 3 nitrogen and oxygen atoms in total. The van der Waals surface area contributed by atoms with Crippen LogP contribution in [0.1, 0.15) is 5.56 Å². The number of methoxy groups -OCH3 is 1. The Labute approximate surface area is 159 Å². The van der Waals surface area contributed by atoms with E-state index in [0.717, 1.165) is 5.56 Å². The Bertz CT molecular complexity index is 867. The van der Waals surface area contributed by atoms with Crippen molar-refractivity contribution in [3.63, 3.8) is 0 Å². The van der Waals surface area contributed by atoms with Crippen LogP contribution in [0.3, 0.4) is 0 Å². The molecule has 0 bridgehead atoms. The Morgan fingerprint density at radius 2 is 1.92 bits per heavy atom. The molecular formula is C17H11Cl2NO2S2. The van der Waals surface area contributed by atoms with Crippen LogP contribution < -0.4 is 9.64 Å². The lowest BCUT2D eigenvalue weighted by molar-refractivity contribution is -0.113. The maximum Gasteiger partial charge on any atom is 0.270 e. The van der Waals surface area contributed by atoms with Gasteiger partial charge in [0.25, 0.3) is 5.91 Å². The summed E-state index contributed by atoms with van der Waals surface area (Å²) < 4.78 is 5.57. The first-order chi connectivity index (χ1) is 11.5. The number of hydrogen-bond donors (Lipinski definition) is 0. The summed E-state index contributed by atoms with van der Waals surface area (Å²) in [5, 5.41) is 0.995. The first-order valence-electron chi connectivity index (χ1n) is 6.87. The van der Waals surface area contributed by atoms with Crippen LogP contribution in [0.5, 0.6) is 5.75 Å². The van der Waals surface area contributed by atoms with Crippen LogP contribution in [0.15, 0.2) is 47.4 Å². The molecule has 0 unspecified atom stereocenters. The van der Waals surface area contributed by atoms with Gasteiger partial charge in [0, 0.05) is 5.02 Å². The summed E-state index contributed by atoms with van der Waals surface area (Å²) in [6.45, 7) is 0. The Morgan fingerprint density at radius 3 is 2.58 bits per heavy atom. The van der Waals surface area contributed by atoms with E-state index in [2.05, 4.69) is 0 Å². The number of hydrogen-bond acceptors (Lipinski definition) is 4. The summed E-state index contributed by atoms with van der Waals surface area (Å²) in [5.41, 5.74) is 1.37. The molecular weight excluding hydrogens is 385 g/mol. The van der Waals surface area contributed by atoms with Gasteiger partial charge in [-0.3, -0.25) is 9.69 Å². The van der Waals surface area contributed by atoms with Gasteiger partial charge in [-0.05, 0) is 35.9 Å². The average Bonchev–Trinajstić information content (AvgIpc) is 2.83. The lowest BCUT2D eigenvalue weighted by Gasteiger charge is -2.15. The van der Waals surface area contributed by atoms with Gasteiger partial charge >= 0.3 is 0 Å². The molecule has 24 heavy (non-hydrogen) atoms. The van der Waals surface area contributed by atoms with Crippen LogP contribution in [0, 0.1) is 0 Å². The second kappa shape index (κ2) is 7.15. The number of halogens is 2. The predicted molar refractivity (Wildman–Crippen MR) is 105 cm³/mol. The van der Waals surface area contributed by atoms with E-state index in [1.54, 1.807) is 30.3 Å². The van der Waals surface area contributed by atoms with Gasteiger partial charge in [0.05, 0.1) is 22.7 Å². The number of thioether (sulfide) groups is 1. The van der Waals surface area contributed by atoms with E-state index < -0.39 is 0 Å². The fourth-order valence-corrected chi connectivity index (χ4v) is 3.95. The van der Waals surface area contributed by atoms with Crippen molar-refractivity contribution in [2.75, 3.05) is 12.0 Å². The lowest BCUT2D eigenvalue weighted by atomic mass is 10.2. The number of benzene rings is 2. The molecule has 0 atom stereocenters. The van der Waals surface area contributed by atoms with E-state index in [1.807, 2.05) is 18.2 Å². The van der Waals surface area contributed by atoms with Crippen molar-refractivity contribution in [3.05, 3.63) is 63.0 Å². The molecule has 0 aliphatic carbocycles. The number of nitrogens with zero attached hydrogens (tertiary/aromatic N) is 1. The minimum absolute atomic E-state index is 0.203. The van der Waals surface area contributed by atoms with Gasteiger partial charge < -0.3 is 4.74 Å². The molecule has 0 spiro atoms. The van der Waals surface area contributed by atoms with E-state index in [-0.39, 0.29) is 5.91 Å². The normalized spacial score (nSPS) is 16.1. The number of carbonyl (C=O) groups is 1. The Kier molecular flexibility index (Phi) is 5.15. The number of anilines is 1. The maximum atomic E-state index is 12.7. The summed E-state index contributed by atoms with van der Waals surface area (Å²) in [4.78, 5) is 14.7. The third-order valence-corrected chi connectivity index (χ3v) is 5.32. The fourth-order valence-electron chi connectivity index (χ4n) is 2.22. The number of ether oxygens (including phenoxy) is 1. The highest BCUT2D eigenvalue weighted by Gasteiger charge is 2.33. The highest BCUT2D eigenvalue weighted by molar-refractivity contribution is 8.27.